The van der Waals surface area contributed by atoms with Gasteiger partial charge in [-0.15, -0.1) is 11.3 Å². The minimum Gasteiger partial charge on any atom is -0.539 e. The molecule has 30 heavy (non-hydrogen) atoms. The second-order valence-corrected chi connectivity index (χ2v) is 8.15. The Balaban J connectivity index is 1.59. The van der Waals surface area contributed by atoms with E-state index in [2.05, 4.69) is 27.2 Å². The summed E-state index contributed by atoms with van der Waals surface area (Å²) in [5.74, 6) is -1.10. The maximum atomic E-state index is 12.7. The molecule has 2 heterocycles. The smallest absolute Gasteiger partial charge is 0.341 e. The first-order valence-corrected chi connectivity index (χ1v) is 10.6. The van der Waals surface area contributed by atoms with Crippen LogP contribution in [0, 0.1) is 0 Å². The number of thiophene rings is 1. The van der Waals surface area contributed by atoms with Gasteiger partial charge in [0.15, 0.2) is 0 Å². The zero-order valence-electron chi connectivity index (χ0n) is 16.4. The molecule has 0 radical (unpaired) electrons. The van der Waals surface area contributed by atoms with Gasteiger partial charge in [0.1, 0.15) is 10.9 Å². The molecule has 0 spiro atoms. The third-order valence-corrected chi connectivity index (χ3v) is 6.23. The molecule has 4 rings (SSSR count). The molecule has 2 aromatic heterocycles. The maximum Gasteiger partial charge on any atom is 0.341 e. The van der Waals surface area contributed by atoms with Crippen LogP contribution in [0.25, 0.3) is 0 Å². The van der Waals surface area contributed by atoms with Crippen molar-refractivity contribution in [3.63, 3.8) is 0 Å². The molecule has 1 atom stereocenters. The molecule has 1 unspecified atom stereocenters. The lowest BCUT2D eigenvalue weighted by molar-refractivity contribution is -0.750. The number of ether oxygens (including phenoxy) is 1. The van der Waals surface area contributed by atoms with Gasteiger partial charge in [-0.3, -0.25) is 4.79 Å². The Morgan fingerprint density at radius 1 is 1.37 bits per heavy atom. The topological polar surface area (TPSA) is 108 Å². The van der Waals surface area contributed by atoms with Crippen LogP contribution < -0.4 is 15.1 Å². The number of carbonyl (C=O) groups is 2. The number of fused-ring (bicyclic) bond motifs is 1. The molecule has 1 aromatic carbocycles. The Labute approximate surface area is 177 Å². The Kier molecular flexibility index (Phi) is 5.80. The zero-order valence-corrected chi connectivity index (χ0v) is 17.2. The number of hydrogen-bond acceptors (Lipinski definition) is 7. The number of aromatic nitrogens is 2. The van der Waals surface area contributed by atoms with Crippen molar-refractivity contribution in [2.45, 2.75) is 38.6 Å². The highest BCUT2D eigenvalue weighted by Gasteiger charge is 2.31. The normalized spacial score (nSPS) is 15.4. The van der Waals surface area contributed by atoms with Crippen LogP contribution in [-0.4, -0.2) is 23.8 Å². The fourth-order valence-corrected chi connectivity index (χ4v) is 5.08. The Bertz CT molecular complexity index is 1060. The molecule has 0 saturated heterocycles. The van der Waals surface area contributed by atoms with Gasteiger partial charge >= 0.3 is 5.97 Å². The van der Waals surface area contributed by atoms with E-state index in [9.17, 15) is 14.7 Å². The minimum absolute atomic E-state index is 0.191. The molecule has 1 amide bonds. The molecule has 1 aliphatic carbocycles. The van der Waals surface area contributed by atoms with Gasteiger partial charge < -0.3 is 19.7 Å². The van der Waals surface area contributed by atoms with Crippen molar-refractivity contribution in [2.75, 3.05) is 11.9 Å². The zero-order chi connectivity index (χ0) is 21.1. The number of nitrogens with one attached hydrogen (secondary N) is 1. The van der Waals surface area contributed by atoms with Crippen LogP contribution in [0.4, 0.5) is 5.00 Å². The number of carbonyl (C=O) groups excluding carboxylic acids is 2. The second kappa shape index (κ2) is 8.66. The highest BCUT2D eigenvalue weighted by Crippen LogP contribution is 2.42. The van der Waals surface area contributed by atoms with E-state index in [-0.39, 0.29) is 13.2 Å². The van der Waals surface area contributed by atoms with Gasteiger partial charge in [0.25, 0.3) is 12.5 Å². The molecule has 0 saturated carbocycles. The highest BCUT2D eigenvalue weighted by atomic mass is 32.1. The van der Waals surface area contributed by atoms with Gasteiger partial charge in [-0.1, -0.05) is 35.0 Å². The first-order chi connectivity index (χ1) is 14.5. The van der Waals surface area contributed by atoms with Crippen molar-refractivity contribution < 1.29 is 28.6 Å². The summed E-state index contributed by atoms with van der Waals surface area (Å²) >= 11 is 1.41. The summed E-state index contributed by atoms with van der Waals surface area (Å²) in [4.78, 5) is 26.2. The van der Waals surface area contributed by atoms with Crippen molar-refractivity contribution in [3.05, 3.63) is 58.1 Å². The Morgan fingerprint density at radius 2 is 2.17 bits per heavy atom. The minimum atomic E-state index is -0.631. The van der Waals surface area contributed by atoms with E-state index in [1.54, 1.807) is 6.92 Å². The van der Waals surface area contributed by atoms with Gasteiger partial charge in [-0.2, -0.15) is 0 Å². The van der Waals surface area contributed by atoms with Gasteiger partial charge in [0.2, 0.25) is 6.20 Å². The van der Waals surface area contributed by atoms with Crippen LogP contribution in [0.2, 0.25) is 0 Å². The molecule has 3 aromatic rings. The van der Waals surface area contributed by atoms with Crippen LogP contribution >= 0.6 is 11.3 Å². The summed E-state index contributed by atoms with van der Waals surface area (Å²) in [5, 5.41) is 17.8. The molecular formula is C21H21N3O5S. The molecular weight excluding hydrogens is 406 g/mol. The lowest BCUT2D eigenvalue weighted by Gasteiger charge is -2.23. The number of amides is 1. The highest BCUT2D eigenvalue weighted by molar-refractivity contribution is 7.17. The van der Waals surface area contributed by atoms with Crippen molar-refractivity contribution in [2.24, 2.45) is 0 Å². The molecule has 0 fully saturated rings. The molecule has 1 aliphatic rings. The van der Waals surface area contributed by atoms with E-state index >= 15 is 0 Å². The molecule has 1 N–H and O–H groups in total. The summed E-state index contributed by atoms with van der Waals surface area (Å²) in [7, 11) is 0. The average Bonchev–Trinajstić information content (AvgIpc) is 3.30. The van der Waals surface area contributed by atoms with Crippen LogP contribution in [-0.2, 0) is 28.9 Å². The largest absolute Gasteiger partial charge is 0.539 e. The third kappa shape index (κ3) is 4.20. The van der Waals surface area contributed by atoms with Gasteiger partial charge in [-0.05, 0) is 43.2 Å². The standard InChI is InChI=1S/C21H21N3O5S/c1-2-28-21(27)19-15-9-8-14(13-6-4-3-5-7-13)10-16(15)30-20(19)22-17(25)11-24-12-18(26)29-23-24/h3-7,12,14H,2,8-11H2,1H3,(H-,22,23,25,26,27). The fraction of sp³-hybridized carbons (Fsp3) is 0.333. The van der Waals surface area contributed by atoms with E-state index in [0.717, 1.165) is 40.6 Å². The van der Waals surface area contributed by atoms with E-state index < -0.39 is 17.8 Å². The van der Waals surface area contributed by atoms with Gasteiger partial charge in [-0.25, -0.2) is 4.79 Å². The van der Waals surface area contributed by atoms with E-state index in [1.807, 2.05) is 18.2 Å². The number of hydrogen-bond donors (Lipinski definition) is 1. The first kappa shape index (κ1) is 20.1. The lowest BCUT2D eigenvalue weighted by Crippen LogP contribution is -2.41. The van der Waals surface area contributed by atoms with Crippen molar-refractivity contribution in [1.29, 1.82) is 0 Å². The summed E-state index contributed by atoms with van der Waals surface area (Å²) in [6.07, 6.45) is 3.57. The van der Waals surface area contributed by atoms with E-state index in [1.165, 1.54) is 16.9 Å². The van der Waals surface area contributed by atoms with E-state index in [0.29, 0.717) is 16.5 Å². The van der Waals surface area contributed by atoms with Crippen molar-refractivity contribution in [3.8, 4) is 5.95 Å². The maximum absolute atomic E-state index is 12.7. The summed E-state index contributed by atoms with van der Waals surface area (Å²) in [5.41, 5.74) is 2.67. The van der Waals surface area contributed by atoms with Gasteiger partial charge in [0, 0.05) is 4.88 Å². The molecule has 0 aliphatic heterocycles. The Hall–Kier alpha value is -3.20. The van der Waals surface area contributed by atoms with Crippen LogP contribution in [0.3, 0.4) is 0 Å². The third-order valence-electron chi connectivity index (χ3n) is 5.06. The summed E-state index contributed by atoms with van der Waals surface area (Å²) < 4.78 is 10.8. The van der Waals surface area contributed by atoms with Crippen LogP contribution in [0.5, 0.6) is 5.95 Å². The number of esters is 1. The molecule has 156 valence electrons. The molecule has 9 heteroatoms. The van der Waals surface area contributed by atoms with Crippen LogP contribution in [0.15, 0.2) is 41.1 Å². The van der Waals surface area contributed by atoms with Crippen LogP contribution in [0.1, 0.15) is 45.6 Å². The molecule has 8 nitrogen and oxygen atoms in total. The van der Waals surface area contributed by atoms with Crippen molar-refractivity contribution >= 4 is 28.2 Å². The van der Waals surface area contributed by atoms with E-state index in [4.69, 9.17) is 4.74 Å². The second-order valence-electron chi connectivity index (χ2n) is 7.05. The van der Waals surface area contributed by atoms with Crippen molar-refractivity contribution in [1.82, 2.24) is 5.27 Å². The average molecular weight is 427 g/mol. The predicted molar refractivity (Wildman–Crippen MR) is 106 cm³/mol. The number of nitrogens with zero attached hydrogens (tertiary/aromatic N) is 2. The fourth-order valence-electron chi connectivity index (χ4n) is 3.75. The summed E-state index contributed by atoms with van der Waals surface area (Å²) in [6.45, 7) is 1.82. The SMILES string of the molecule is CCOC(=O)c1c(NC(=O)C[n+]2cc([O-])on2)sc2c1CCC(c1ccccc1)C2. The summed E-state index contributed by atoms with van der Waals surface area (Å²) in [6, 6.07) is 10.3. The van der Waals surface area contributed by atoms with Gasteiger partial charge in [0.05, 0.1) is 17.4 Å². The number of anilines is 1. The number of benzene rings is 1. The Morgan fingerprint density at radius 3 is 2.87 bits per heavy atom. The molecule has 0 bridgehead atoms. The number of rotatable bonds is 6. The quantitative estimate of drug-likeness (QED) is 0.477. The monoisotopic (exact) mass is 427 g/mol. The predicted octanol–water partition coefficient (Wildman–Crippen LogP) is 2.19. The lowest BCUT2D eigenvalue weighted by atomic mass is 9.83. The first-order valence-electron chi connectivity index (χ1n) is 9.75.